The summed E-state index contributed by atoms with van der Waals surface area (Å²) < 4.78 is 0. The van der Waals surface area contributed by atoms with Crippen molar-refractivity contribution in [2.75, 3.05) is 0 Å². The van der Waals surface area contributed by atoms with Crippen molar-refractivity contribution in [2.24, 2.45) is 0 Å². The van der Waals surface area contributed by atoms with E-state index in [1.165, 1.54) is 12.8 Å². The van der Waals surface area contributed by atoms with Crippen molar-refractivity contribution in [3.8, 4) is 0 Å². The first-order valence-electron chi connectivity index (χ1n) is 7.07. The highest BCUT2D eigenvalue weighted by atomic mass is 16.3. The van der Waals surface area contributed by atoms with Crippen molar-refractivity contribution in [1.29, 1.82) is 0 Å². The summed E-state index contributed by atoms with van der Waals surface area (Å²) in [6, 6.07) is 7.76. The summed E-state index contributed by atoms with van der Waals surface area (Å²) in [5.41, 5.74) is 2.16. The molecule has 2 aliphatic carbocycles. The van der Waals surface area contributed by atoms with Gasteiger partial charge in [-0.1, -0.05) is 37.1 Å². The van der Waals surface area contributed by atoms with Crippen molar-refractivity contribution in [2.45, 2.75) is 50.3 Å². The third kappa shape index (κ3) is 2.59. The molecule has 0 radical (unpaired) electrons. The van der Waals surface area contributed by atoms with Crippen LogP contribution in [0.2, 0.25) is 0 Å². The molecule has 0 unspecified atom stereocenters. The monoisotopic (exact) mass is 260 g/mol. The predicted molar refractivity (Wildman–Crippen MR) is 72.8 cm³/mol. The smallest absolute Gasteiger partial charge is 0.315 e. The molecule has 1 fully saturated rings. The highest BCUT2D eigenvalue weighted by Gasteiger charge is 2.32. The minimum absolute atomic E-state index is 0.160. The van der Waals surface area contributed by atoms with Gasteiger partial charge in [-0.25, -0.2) is 4.79 Å². The lowest BCUT2D eigenvalue weighted by Crippen LogP contribution is -2.44. The maximum absolute atomic E-state index is 12.0. The Balaban J connectivity index is 1.64. The molecular formula is C15H20N2O2. The molecule has 0 bridgehead atoms. The van der Waals surface area contributed by atoms with Crippen LogP contribution in [-0.4, -0.2) is 23.3 Å². The number of hydrogen-bond acceptors (Lipinski definition) is 2. The number of hydrogen-bond donors (Lipinski definition) is 3. The largest absolute Gasteiger partial charge is 0.390 e. The van der Waals surface area contributed by atoms with Gasteiger partial charge in [0.15, 0.2) is 0 Å². The molecule has 1 aromatic rings. The van der Waals surface area contributed by atoms with Crippen molar-refractivity contribution in [3.63, 3.8) is 0 Å². The third-order valence-corrected chi connectivity index (χ3v) is 4.18. The molecule has 4 heteroatoms. The molecule has 1 aromatic carbocycles. The topological polar surface area (TPSA) is 61.4 Å². The van der Waals surface area contributed by atoms with E-state index in [1.807, 2.05) is 24.3 Å². The van der Waals surface area contributed by atoms with Crippen LogP contribution in [0.25, 0.3) is 0 Å². The van der Waals surface area contributed by atoms with Crippen LogP contribution >= 0.6 is 0 Å². The van der Waals surface area contributed by atoms with Crippen molar-refractivity contribution >= 4 is 6.03 Å². The Bertz CT molecular complexity index is 469. The summed E-state index contributed by atoms with van der Waals surface area (Å²) >= 11 is 0. The molecule has 2 amide bonds. The second-order valence-corrected chi connectivity index (χ2v) is 5.55. The maximum atomic E-state index is 12.0. The van der Waals surface area contributed by atoms with Gasteiger partial charge in [-0.2, -0.15) is 0 Å². The van der Waals surface area contributed by atoms with Gasteiger partial charge in [0, 0.05) is 12.5 Å². The molecule has 0 aromatic heterocycles. The second kappa shape index (κ2) is 5.21. The van der Waals surface area contributed by atoms with Gasteiger partial charge in [0.1, 0.15) is 0 Å². The number of amides is 2. The Kier molecular flexibility index (Phi) is 3.42. The number of carbonyl (C=O) groups excluding carboxylic acids is 1. The zero-order valence-electron chi connectivity index (χ0n) is 10.9. The average Bonchev–Trinajstić information content (AvgIpc) is 2.99. The fourth-order valence-corrected chi connectivity index (χ4v) is 3.19. The number of aliphatic hydroxyl groups excluding tert-OH is 1. The van der Waals surface area contributed by atoms with Crippen LogP contribution in [-0.2, 0) is 6.42 Å². The number of fused-ring (bicyclic) bond motifs is 1. The van der Waals surface area contributed by atoms with E-state index < -0.39 is 6.10 Å². The van der Waals surface area contributed by atoms with Crippen LogP contribution in [0.15, 0.2) is 24.3 Å². The van der Waals surface area contributed by atoms with Gasteiger partial charge < -0.3 is 15.7 Å². The molecule has 4 nitrogen and oxygen atoms in total. The van der Waals surface area contributed by atoms with E-state index in [-0.39, 0.29) is 12.1 Å². The standard InChI is InChI=1S/C15H20N2O2/c18-13-9-10-5-1-4-8-12(10)14(13)17-15(19)16-11-6-2-3-7-11/h1,4-5,8,11,13-14,18H,2-3,6-7,9H2,(H2,16,17,19)/t13-,14+/m0/s1. The van der Waals surface area contributed by atoms with E-state index in [0.29, 0.717) is 12.5 Å². The zero-order valence-corrected chi connectivity index (χ0v) is 10.9. The number of benzene rings is 1. The Labute approximate surface area is 113 Å². The highest BCUT2D eigenvalue weighted by Crippen LogP contribution is 2.31. The van der Waals surface area contributed by atoms with E-state index in [0.717, 1.165) is 24.0 Å². The van der Waals surface area contributed by atoms with E-state index >= 15 is 0 Å². The summed E-state index contributed by atoms with van der Waals surface area (Å²) in [5, 5.41) is 16.0. The van der Waals surface area contributed by atoms with Gasteiger partial charge in [-0.15, -0.1) is 0 Å². The summed E-state index contributed by atoms with van der Waals surface area (Å²) in [6.07, 6.45) is 4.62. The Morgan fingerprint density at radius 3 is 2.68 bits per heavy atom. The minimum atomic E-state index is -0.522. The summed E-state index contributed by atoms with van der Waals surface area (Å²) in [4.78, 5) is 12.0. The number of nitrogens with one attached hydrogen (secondary N) is 2. The first-order valence-corrected chi connectivity index (χ1v) is 7.07. The molecule has 2 atom stereocenters. The predicted octanol–water partition coefficient (Wildman–Crippen LogP) is 1.89. The Morgan fingerprint density at radius 1 is 1.16 bits per heavy atom. The van der Waals surface area contributed by atoms with E-state index in [9.17, 15) is 9.90 Å². The fraction of sp³-hybridized carbons (Fsp3) is 0.533. The number of rotatable bonds is 2. The third-order valence-electron chi connectivity index (χ3n) is 4.18. The van der Waals surface area contributed by atoms with E-state index in [2.05, 4.69) is 10.6 Å². The molecule has 3 N–H and O–H groups in total. The molecule has 102 valence electrons. The lowest BCUT2D eigenvalue weighted by molar-refractivity contribution is 0.142. The van der Waals surface area contributed by atoms with Crippen LogP contribution in [0.1, 0.15) is 42.9 Å². The number of aliphatic hydroxyl groups is 1. The first kappa shape index (κ1) is 12.5. The molecule has 19 heavy (non-hydrogen) atoms. The summed E-state index contributed by atoms with van der Waals surface area (Å²) in [5.74, 6) is 0. The van der Waals surface area contributed by atoms with Gasteiger partial charge >= 0.3 is 6.03 Å². The van der Waals surface area contributed by atoms with Gasteiger partial charge in [-0.05, 0) is 24.0 Å². The van der Waals surface area contributed by atoms with Crippen LogP contribution in [0.3, 0.4) is 0 Å². The summed E-state index contributed by atoms with van der Waals surface area (Å²) in [7, 11) is 0. The Morgan fingerprint density at radius 2 is 1.89 bits per heavy atom. The molecule has 0 spiro atoms. The molecular weight excluding hydrogens is 240 g/mol. The van der Waals surface area contributed by atoms with Crippen LogP contribution in [0, 0.1) is 0 Å². The average molecular weight is 260 g/mol. The van der Waals surface area contributed by atoms with Crippen molar-refractivity contribution in [1.82, 2.24) is 10.6 Å². The van der Waals surface area contributed by atoms with E-state index in [1.54, 1.807) is 0 Å². The summed E-state index contributed by atoms with van der Waals surface area (Å²) in [6.45, 7) is 0. The van der Waals surface area contributed by atoms with Crippen molar-refractivity contribution < 1.29 is 9.90 Å². The number of carbonyl (C=O) groups is 1. The lowest BCUT2D eigenvalue weighted by atomic mass is 10.1. The van der Waals surface area contributed by atoms with Gasteiger partial charge in [-0.3, -0.25) is 0 Å². The molecule has 1 saturated carbocycles. The maximum Gasteiger partial charge on any atom is 0.315 e. The molecule has 0 saturated heterocycles. The molecule has 2 aliphatic rings. The van der Waals surface area contributed by atoms with Crippen LogP contribution in [0.4, 0.5) is 4.79 Å². The van der Waals surface area contributed by atoms with Gasteiger partial charge in [0.2, 0.25) is 0 Å². The molecule has 3 rings (SSSR count). The van der Waals surface area contributed by atoms with Crippen molar-refractivity contribution in [3.05, 3.63) is 35.4 Å². The SMILES string of the molecule is O=C(NC1CCCC1)N[C@@H]1c2ccccc2C[C@@H]1O. The van der Waals surface area contributed by atoms with Gasteiger partial charge in [0.25, 0.3) is 0 Å². The Hall–Kier alpha value is -1.55. The second-order valence-electron chi connectivity index (χ2n) is 5.55. The normalized spacial score (nSPS) is 26.2. The zero-order chi connectivity index (χ0) is 13.2. The van der Waals surface area contributed by atoms with Crippen LogP contribution < -0.4 is 10.6 Å². The minimum Gasteiger partial charge on any atom is -0.390 e. The quantitative estimate of drug-likeness (QED) is 0.760. The van der Waals surface area contributed by atoms with Crippen LogP contribution in [0.5, 0.6) is 0 Å². The molecule has 0 aliphatic heterocycles. The van der Waals surface area contributed by atoms with E-state index in [4.69, 9.17) is 0 Å². The molecule has 0 heterocycles. The number of urea groups is 1. The highest BCUT2D eigenvalue weighted by molar-refractivity contribution is 5.75. The first-order chi connectivity index (χ1) is 9.24. The van der Waals surface area contributed by atoms with Gasteiger partial charge in [0.05, 0.1) is 12.1 Å². The fourth-order valence-electron chi connectivity index (χ4n) is 3.19. The lowest BCUT2D eigenvalue weighted by Gasteiger charge is -2.20.